The van der Waals surface area contributed by atoms with Crippen LogP contribution in [0.25, 0.3) is 0 Å². The molecule has 0 aromatic heterocycles. The lowest BCUT2D eigenvalue weighted by molar-refractivity contribution is 0.0237. The average molecular weight is 335 g/mol. The van der Waals surface area contributed by atoms with E-state index in [2.05, 4.69) is 0 Å². The standard InChI is InChI=1S/C14H19ClO5S/c1-9(2)10(3)20-14(16)12-5-11(8-19-4)6-13(7-12)21(15,17)18/h5-7,9-10H,8H2,1-4H3. The Kier molecular flexibility index (Phi) is 6.19. The van der Waals surface area contributed by atoms with Crippen LogP contribution in [-0.2, 0) is 25.1 Å². The number of hydrogen-bond acceptors (Lipinski definition) is 5. The van der Waals surface area contributed by atoms with Crippen molar-refractivity contribution in [2.45, 2.75) is 38.4 Å². The molecule has 0 fully saturated rings. The highest BCUT2D eigenvalue weighted by atomic mass is 35.7. The fourth-order valence-corrected chi connectivity index (χ4v) is 2.37. The van der Waals surface area contributed by atoms with E-state index in [0.29, 0.717) is 5.56 Å². The molecule has 0 N–H and O–H groups in total. The van der Waals surface area contributed by atoms with Crippen molar-refractivity contribution >= 4 is 25.7 Å². The maximum Gasteiger partial charge on any atom is 0.338 e. The Bertz CT molecular complexity index is 610. The molecule has 0 spiro atoms. The number of carbonyl (C=O) groups excluding carboxylic acids is 1. The van der Waals surface area contributed by atoms with Gasteiger partial charge in [-0.15, -0.1) is 0 Å². The summed E-state index contributed by atoms with van der Waals surface area (Å²) in [7, 11) is 2.88. The van der Waals surface area contributed by atoms with Crippen molar-refractivity contribution in [2.24, 2.45) is 5.92 Å². The summed E-state index contributed by atoms with van der Waals surface area (Å²) in [6.45, 7) is 5.79. The highest BCUT2D eigenvalue weighted by Crippen LogP contribution is 2.21. The molecule has 1 atom stereocenters. The van der Waals surface area contributed by atoms with Gasteiger partial charge >= 0.3 is 5.97 Å². The van der Waals surface area contributed by atoms with Crippen molar-refractivity contribution in [1.82, 2.24) is 0 Å². The van der Waals surface area contributed by atoms with E-state index >= 15 is 0 Å². The van der Waals surface area contributed by atoms with Crippen LogP contribution in [0.3, 0.4) is 0 Å². The first-order valence-corrected chi connectivity index (χ1v) is 8.74. The van der Waals surface area contributed by atoms with Crippen LogP contribution in [-0.4, -0.2) is 27.6 Å². The Balaban J connectivity index is 3.16. The van der Waals surface area contributed by atoms with Crippen LogP contribution in [0.2, 0.25) is 0 Å². The number of benzene rings is 1. The predicted octanol–water partition coefficient (Wildman–Crippen LogP) is 2.96. The lowest BCUT2D eigenvalue weighted by atomic mass is 10.1. The second-order valence-electron chi connectivity index (χ2n) is 5.09. The number of rotatable bonds is 6. The molecule has 7 heteroatoms. The zero-order valence-corrected chi connectivity index (χ0v) is 14.0. The van der Waals surface area contributed by atoms with Gasteiger partial charge < -0.3 is 9.47 Å². The third-order valence-electron chi connectivity index (χ3n) is 3.03. The molecule has 21 heavy (non-hydrogen) atoms. The van der Waals surface area contributed by atoms with Crippen molar-refractivity contribution in [1.29, 1.82) is 0 Å². The van der Waals surface area contributed by atoms with Crippen LogP contribution in [0, 0.1) is 5.92 Å². The molecule has 1 unspecified atom stereocenters. The van der Waals surface area contributed by atoms with Crippen LogP contribution in [0.4, 0.5) is 0 Å². The summed E-state index contributed by atoms with van der Waals surface area (Å²) in [5.41, 5.74) is 0.666. The molecular weight excluding hydrogens is 316 g/mol. The minimum Gasteiger partial charge on any atom is -0.459 e. The van der Waals surface area contributed by atoms with Crippen molar-refractivity contribution in [3.05, 3.63) is 29.3 Å². The first-order valence-electron chi connectivity index (χ1n) is 6.43. The van der Waals surface area contributed by atoms with E-state index in [0.717, 1.165) is 0 Å². The first-order chi connectivity index (χ1) is 9.65. The maximum atomic E-state index is 12.1. The first kappa shape index (κ1) is 17.9. The molecule has 0 radical (unpaired) electrons. The van der Waals surface area contributed by atoms with Crippen molar-refractivity contribution in [3.8, 4) is 0 Å². The molecule has 0 aliphatic carbocycles. The average Bonchev–Trinajstić information content (AvgIpc) is 2.37. The molecule has 0 saturated carbocycles. The number of methoxy groups -OCH3 is 1. The van der Waals surface area contributed by atoms with Gasteiger partial charge in [0.2, 0.25) is 0 Å². The van der Waals surface area contributed by atoms with Crippen LogP contribution in [0.15, 0.2) is 23.1 Å². The van der Waals surface area contributed by atoms with E-state index in [1.165, 1.54) is 25.3 Å². The van der Waals surface area contributed by atoms with Crippen LogP contribution < -0.4 is 0 Å². The van der Waals surface area contributed by atoms with E-state index in [1.54, 1.807) is 6.92 Å². The van der Waals surface area contributed by atoms with E-state index in [-0.39, 0.29) is 29.1 Å². The number of carbonyl (C=O) groups is 1. The van der Waals surface area contributed by atoms with E-state index in [1.807, 2.05) is 13.8 Å². The van der Waals surface area contributed by atoms with Gasteiger partial charge in [0.1, 0.15) is 6.10 Å². The van der Waals surface area contributed by atoms with Crippen LogP contribution >= 0.6 is 10.7 Å². The summed E-state index contributed by atoms with van der Waals surface area (Å²) >= 11 is 0. The third-order valence-corrected chi connectivity index (χ3v) is 4.36. The lowest BCUT2D eigenvalue weighted by Gasteiger charge is -2.17. The van der Waals surface area contributed by atoms with Gasteiger partial charge in [0.15, 0.2) is 0 Å². The smallest absolute Gasteiger partial charge is 0.338 e. The molecule has 0 aliphatic rings. The molecule has 1 aromatic carbocycles. The summed E-state index contributed by atoms with van der Waals surface area (Å²) in [6.07, 6.45) is -0.278. The predicted molar refractivity (Wildman–Crippen MR) is 79.9 cm³/mol. The maximum absolute atomic E-state index is 12.1. The highest BCUT2D eigenvalue weighted by Gasteiger charge is 2.19. The van der Waals surface area contributed by atoms with Crippen molar-refractivity contribution in [2.75, 3.05) is 7.11 Å². The van der Waals surface area contributed by atoms with Crippen LogP contribution in [0.1, 0.15) is 36.7 Å². The number of hydrogen-bond donors (Lipinski definition) is 0. The molecule has 1 aromatic rings. The molecule has 1 rings (SSSR count). The second-order valence-corrected chi connectivity index (χ2v) is 7.66. The fraction of sp³-hybridized carbons (Fsp3) is 0.500. The van der Waals surface area contributed by atoms with Gasteiger partial charge in [-0.2, -0.15) is 0 Å². The topological polar surface area (TPSA) is 69.7 Å². The van der Waals surface area contributed by atoms with E-state index in [4.69, 9.17) is 20.2 Å². The van der Waals surface area contributed by atoms with Gasteiger partial charge in [-0.25, -0.2) is 13.2 Å². The minimum absolute atomic E-state index is 0.135. The summed E-state index contributed by atoms with van der Waals surface area (Å²) in [5.74, 6) is -0.428. The van der Waals surface area contributed by atoms with Gasteiger partial charge in [0.05, 0.1) is 17.1 Å². The van der Waals surface area contributed by atoms with E-state index in [9.17, 15) is 13.2 Å². The zero-order valence-electron chi connectivity index (χ0n) is 12.4. The normalized spacial score (nSPS) is 13.2. The highest BCUT2D eigenvalue weighted by molar-refractivity contribution is 8.13. The molecular formula is C14H19ClO5S. The number of halogens is 1. The lowest BCUT2D eigenvalue weighted by Crippen LogP contribution is -2.20. The minimum atomic E-state index is -3.94. The second kappa shape index (κ2) is 7.24. The Hall–Kier alpha value is -1.11. The fourth-order valence-electron chi connectivity index (χ4n) is 1.54. The monoisotopic (exact) mass is 334 g/mol. The largest absolute Gasteiger partial charge is 0.459 e. The summed E-state index contributed by atoms with van der Waals surface area (Å²) < 4.78 is 33.2. The summed E-state index contributed by atoms with van der Waals surface area (Å²) in [6, 6.07) is 4.11. The SMILES string of the molecule is COCc1cc(C(=O)OC(C)C(C)C)cc(S(=O)(=O)Cl)c1. The molecule has 0 saturated heterocycles. The van der Waals surface area contributed by atoms with Gasteiger partial charge in [0.25, 0.3) is 9.05 Å². The Morgan fingerprint density at radius 3 is 2.33 bits per heavy atom. The van der Waals surface area contributed by atoms with Gasteiger partial charge in [-0.05, 0) is 36.6 Å². The molecule has 5 nitrogen and oxygen atoms in total. The summed E-state index contributed by atoms with van der Waals surface area (Å²) in [5, 5.41) is 0. The third kappa shape index (κ3) is 5.30. The van der Waals surface area contributed by atoms with Crippen molar-refractivity contribution < 1.29 is 22.7 Å². The van der Waals surface area contributed by atoms with Crippen molar-refractivity contribution in [3.63, 3.8) is 0 Å². The molecule has 0 amide bonds. The number of ether oxygens (including phenoxy) is 2. The summed E-state index contributed by atoms with van der Waals surface area (Å²) in [4.78, 5) is 11.9. The van der Waals surface area contributed by atoms with Crippen LogP contribution in [0.5, 0.6) is 0 Å². The molecule has 0 aliphatic heterocycles. The molecule has 118 valence electrons. The van der Waals surface area contributed by atoms with Gasteiger partial charge in [-0.1, -0.05) is 13.8 Å². The molecule has 0 bridgehead atoms. The molecule has 0 heterocycles. The van der Waals surface area contributed by atoms with Gasteiger partial charge in [-0.3, -0.25) is 0 Å². The number of esters is 1. The van der Waals surface area contributed by atoms with E-state index < -0.39 is 15.0 Å². The zero-order chi connectivity index (χ0) is 16.2. The Morgan fingerprint density at radius 1 is 1.24 bits per heavy atom. The Morgan fingerprint density at radius 2 is 1.86 bits per heavy atom. The Labute approximate surface area is 129 Å². The quantitative estimate of drug-likeness (QED) is 0.591. The van der Waals surface area contributed by atoms with Gasteiger partial charge in [0, 0.05) is 17.8 Å².